The molecule has 0 saturated heterocycles. The number of carbonyl (C=O) groups excluding carboxylic acids is 1. The predicted octanol–water partition coefficient (Wildman–Crippen LogP) is 6.18. The first-order chi connectivity index (χ1) is 18.5. The fourth-order valence-corrected chi connectivity index (χ4v) is 5.74. The number of nitrogens with zero attached hydrogens (tertiary/aromatic N) is 3. The number of rotatable bonds is 9. The average Bonchev–Trinajstić information content (AvgIpc) is 3.32. The topological polar surface area (TPSA) is 84.3 Å². The molecule has 4 aromatic rings. The van der Waals surface area contributed by atoms with Gasteiger partial charge in [0.15, 0.2) is 0 Å². The van der Waals surface area contributed by atoms with Crippen LogP contribution in [0.4, 0.5) is 5.82 Å². The van der Waals surface area contributed by atoms with Crippen LogP contribution in [0.3, 0.4) is 0 Å². The van der Waals surface area contributed by atoms with Crippen LogP contribution in [0.1, 0.15) is 45.2 Å². The van der Waals surface area contributed by atoms with Crippen molar-refractivity contribution in [2.24, 2.45) is 0 Å². The Morgan fingerprint density at radius 2 is 1.59 bits per heavy atom. The lowest BCUT2D eigenvalue weighted by atomic mass is 9.87. The summed E-state index contributed by atoms with van der Waals surface area (Å²) < 4.78 is 29.9. The molecule has 3 aromatic carbocycles. The molecule has 7 nitrogen and oxygen atoms in total. The summed E-state index contributed by atoms with van der Waals surface area (Å²) in [6.45, 7) is 10.0. The number of hydrogen-bond acceptors (Lipinski definition) is 4. The lowest BCUT2D eigenvalue weighted by molar-refractivity contribution is -0.116. The third-order valence-electron chi connectivity index (χ3n) is 6.48. The van der Waals surface area contributed by atoms with Gasteiger partial charge in [-0.3, -0.25) is 4.79 Å². The van der Waals surface area contributed by atoms with Gasteiger partial charge in [0.05, 0.1) is 22.8 Å². The number of amides is 1. The summed E-state index contributed by atoms with van der Waals surface area (Å²) in [6.07, 6.45) is 0.575. The van der Waals surface area contributed by atoms with Gasteiger partial charge in [-0.15, -0.1) is 0 Å². The molecule has 0 unspecified atom stereocenters. The summed E-state index contributed by atoms with van der Waals surface area (Å²) in [5.74, 6) is 0.0253. The molecule has 1 aromatic heterocycles. The van der Waals surface area contributed by atoms with E-state index in [1.54, 1.807) is 22.9 Å². The van der Waals surface area contributed by atoms with Crippen molar-refractivity contribution in [3.05, 3.63) is 96.1 Å². The molecule has 0 aliphatic carbocycles. The van der Waals surface area contributed by atoms with Crippen LogP contribution in [0.5, 0.6) is 0 Å². The summed E-state index contributed by atoms with van der Waals surface area (Å²) in [6, 6.07) is 26.2. The van der Waals surface area contributed by atoms with E-state index in [9.17, 15) is 13.2 Å². The van der Waals surface area contributed by atoms with Crippen molar-refractivity contribution < 1.29 is 13.2 Å². The van der Waals surface area contributed by atoms with Crippen molar-refractivity contribution in [1.82, 2.24) is 14.1 Å². The molecule has 4 rings (SSSR count). The standard InChI is InChI=1S/C31H36N4O3S/c1-6-20-34(39(37,38)27-18-14-25(15-19-27)31(3,4)5)22-30(36)32-29-21-28(24-10-8-7-9-11-24)33-35(29)26-16-12-23(2)13-17-26/h7-19,21H,6,20,22H2,1-5H3,(H,32,36). The number of anilines is 1. The van der Waals surface area contributed by atoms with Gasteiger partial charge in [0.2, 0.25) is 15.9 Å². The van der Waals surface area contributed by atoms with Crippen molar-refractivity contribution in [2.45, 2.75) is 51.3 Å². The van der Waals surface area contributed by atoms with Gasteiger partial charge in [-0.2, -0.15) is 9.40 Å². The second-order valence-corrected chi connectivity index (χ2v) is 12.6. The fraction of sp³-hybridized carbons (Fsp3) is 0.290. The minimum absolute atomic E-state index is 0.0930. The maximum Gasteiger partial charge on any atom is 0.243 e. The van der Waals surface area contributed by atoms with Gasteiger partial charge in [-0.05, 0) is 48.6 Å². The number of hydrogen-bond donors (Lipinski definition) is 1. The minimum atomic E-state index is -3.87. The molecule has 0 fully saturated rings. The third kappa shape index (κ3) is 6.64. The summed E-state index contributed by atoms with van der Waals surface area (Å²) in [5.41, 5.74) is 4.45. The lowest BCUT2D eigenvalue weighted by Crippen LogP contribution is -2.38. The summed E-state index contributed by atoms with van der Waals surface area (Å²) in [5, 5.41) is 7.65. The van der Waals surface area contributed by atoms with Crippen LogP contribution in [0.2, 0.25) is 0 Å². The van der Waals surface area contributed by atoms with E-state index in [4.69, 9.17) is 5.10 Å². The van der Waals surface area contributed by atoms with E-state index < -0.39 is 15.9 Å². The Hall–Kier alpha value is -3.75. The summed E-state index contributed by atoms with van der Waals surface area (Å²) in [7, 11) is -3.87. The van der Waals surface area contributed by atoms with E-state index >= 15 is 0 Å². The van der Waals surface area contributed by atoms with E-state index in [0.29, 0.717) is 17.9 Å². The summed E-state index contributed by atoms with van der Waals surface area (Å²) in [4.78, 5) is 13.5. The Labute approximate surface area is 231 Å². The Bertz CT molecular complexity index is 1520. The Morgan fingerprint density at radius 3 is 2.18 bits per heavy atom. The van der Waals surface area contributed by atoms with Gasteiger partial charge >= 0.3 is 0 Å². The van der Waals surface area contributed by atoms with Gasteiger partial charge in [-0.1, -0.05) is 87.9 Å². The van der Waals surface area contributed by atoms with E-state index in [1.165, 1.54) is 4.31 Å². The van der Waals surface area contributed by atoms with Crippen LogP contribution in [0.25, 0.3) is 16.9 Å². The number of benzene rings is 3. The van der Waals surface area contributed by atoms with E-state index in [-0.39, 0.29) is 23.4 Å². The van der Waals surface area contributed by atoms with E-state index in [0.717, 1.165) is 22.4 Å². The van der Waals surface area contributed by atoms with Crippen molar-refractivity contribution in [3.8, 4) is 16.9 Å². The number of carbonyl (C=O) groups is 1. The van der Waals surface area contributed by atoms with Crippen molar-refractivity contribution >= 4 is 21.7 Å². The predicted molar refractivity (Wildman–Crippen MR) is 157 cm³/mol. The van der Waals surface area contributed by atoms with Crippen molar-refractivity contribution in [1.29, 1.82) is 0 Å². The van der Waals surface area contributed by atoms with E-state index in [2.05, 4.69) is 26.1 Å². The second kappa shape index (κ2) is 11.6. The quantitative estimate of drug-likeness (QED) is 0.273. The molecule has 0 radical (unpaired) electrons. The Kier molecular flexibility index (Phi) is 8.37. The maximum atomic E-state index is 13.5. The molecule has 0 spiro atoms. The normalized spacial score (nSPS) is 12.1. The summed E-state index contributed by atoms with van der Waals surface area (Å²) >= 11 is 0. The smallest absolute Gasteiger partial charge is 0.243 e. The highest BCUT2D eigenvalue weighted by atomic mass is 32.2. The van der Waals surface area contributed by atoms with Crippen LogP contribution in [0, 0.1) is 6.92 Å². The molecule has 1 amide bonds. The van der Waals surface area contributed by atoms with Crippen molar-refractivity contribution in [2.75, 3.05) is 18.4 Å². The number of aryl methyl sites for hydroxylation is 1. The average molecular weight is 545 g/mol. The van der Waals surface area contributed by atoms with Gasteiger partial charge in [0, 0.05) is 18.2 Å². The molecular formula is C31H36N4O3S. The molecule has 0 bridgehead atoms. The molecule has 0 atom stereocenters. The van der Waals surface area contributed by atoms with Crippen LogP contribution >= 0.6 is 0 Å². The highest BCUT2D eigenvalue weighted by molar-refractivity contribution is 7.89. The van der Waals surface area contributed by atoms with Gasteiger partial charge in [-0.25, -0.2) is 13.1 Å². The second-order valence-electron chi connectivity index (χ2n) is 10.7. The SMILES string of the molecule is CCCN(CC(=O)Nc1cc(-c2ccccc2)nn1-c1ccc(C)cc1)S(=O)(=O)c1ccc(C(C)(C)C)cc1. The van der Waals surface area contributed by atoms with Crippen LogP contribution in [0.15, 0.2) is 89.8 Å². The van der Waals surface area contributed by atoms with Crippen LogP contribution in [-0.2, 0) is 20.2 Å². The zero-order chi connectivity index (χ0) is 28.2. The molecule has 1 heterocycles. The molecule has 0 aliphatic rings. The molecule has 39 heavy (non-hydrogen) atoms. The van der Waals surface area contributed by atoms with Crippen LogP contribution < -0.4 is 5.32 Å². The molecule has 0 saturated carbocycles. The highest BCUT2D eigenvalue weighted by Crippen LogP contribution is 2.27. The number of nitrogens with one attached hydrogen (secondary N) is 1. The first-order valence-corrected chi connectivity index (χ1v) is 14.6. The highest BCUT2D eigenvalue weighted by Gasteiger charge is 2.27. The van der Waals surface area contributed by atoms with Gasteiger partial charge in [0.1, 0.15) is 5.82 Å². The fourth-order valence-electron chi connectivity index (χ4n) is 4.26. The number of sulfonamides is 1. The zero-order valence-electron chi connectivity index (χ0n) is 23.2. The third-order valence-corrected chi connectivity index (χ3v) is 8.34. The molecule has 1 N–H and O–H groups in total. The van der Waals surface area contributed by atoms with E-state index in [1.807, 2.05) is 80.6 Å². The lowest BCUT2D eigenvalue weighted by Gasteiger charge is -2.23. The Balaban J connectivity index is 1.61. The Morgan fingerprint density at radius 1 is 0.949 bits per heavy atom. The molecule has 0 aliphatic heterocycles. The molecular weight excluding hydrogens is 508 g/mol. The first kappa shape index (κ1) is 28.3. The zero-order valence-corrected chi connectivity index (χ0v) is 24.0. The van der Waals surface area contributed by atoms with Crippen LogP contribution in [-0.4, -0.2) is 41.5 Å². The largest absolute Gasteiger partial charge is 0.309 e. The minimum Gasteiger partial charge on any atom is -0.309 e. The van der Waals surface area contributed by atoms with Crippen molar-refractivity contribution in [3.63, 3.8) is 0 Å². The number of aromatic nitrogens is 2. The molecule has 204 valence electrons. The van der Waals surface area contributed by atoms with Gasteiger partial charge < -0.3 is 5.32 Å². The monoisotopic (exact) mass is 544 g/mol. The molecule has 8 heteroatoms. The van der Waals surface area contributed by atoms with Gasteiger partial charge in [0.25, 0.3) is 0 Å². The maximum absolute atomic E-state index is 13.5. The first-order valence-electron chi connectivity index (χ1n) is 13.1.